The van der Waals surface area contributed by atoms with Crippen LogP contribution in [0.3, 0.4) is 0 Å². The molecule has 0 unspecified atom stereocenters. The number of carbonyl (C=O) groups excluding carboxylic acids is 1. The minimum Gasteiger partial charge on any atom is -0.394 e. The van der Waals surface area contributed by atoms with Gasteiger partial charge >= 0.3 is 0 Å². The van der Waals surface area contributed by atoms with Crippen LogP contribution in [0.2, 0.25) is 0 Å². The molecule has 0 aromatic carbocycles. The third-order valence-corrected chi connectivity index (χ3v) is 3.75. The van der Waals surface area contributed by atoms with Crippen molar-refractivity contribution in [1.82, 2.24) is 10.6 Å². The van der Waals surface area contributed by atoms with Gasteiger partial charge in [0, 0.05) is 7.11 Å². The lowest BCUT2D eigenvalue weighted by molar-refractivity contribution is -0.140. The van der Waals surface area contributed by atoms with Gasteiger partial charge in [-0.3, -0.25) is 4.79 Å². The van der Waals surface area contributed by atoms with Gasteiger partial charge in [0.25, 0.3) is 0 Å². The minimum atomic E-state index is -1.39. The van der Waals surface area contributed by atoms with E-state index in [4.69, 9.17) is 4.74 Å². The van der Waals surface area contributed by atoms with Crippen molar-refractivity contribution in [3.05, 3.63) is 0 Å². The van der Waals surface area contributed by atoms with Crippen molar-refractivity contribution in [1.29, 1.82) is 0 Å². The Bertz CT molecular complexity index is 274. The van der Waals surface area contributed by atoms with Crippen molar-refractivity contribution in [3.8, 4) is 0 Å². The minimum absolute atomic E-state index is 0.277. The maximum atomic E-state index is 12.5. The van der Waals surface area contributed by atoms with E-state index in [0.717, 1.165) is 0 Å². The summed E-state index contributed by atoms with van der Waals surface area (Å²) in [4.78, 5) is 12.5. The second kappa shape index (κ2) is 7.16. The van der Waals surface area contributed by atoms with E-state index in [0.29, 0.717) is 25.9 Å². The predicted octanol–water partition coefficient (Wildman–Crippen LogP) is -2.17. The summed E-state index contributed by atoms with van der Waals surface area (Å²) < 4.78 is 5.15. The van der Waals surface area contributed by atoms with E-state index in [1.807, 2.05) is 0 Å². The Morgan fingerprint density at radius 1 is 1.26 bits per heavy atom. The molecule has 0 atom stereocenters. The number of carbonyl (C=O) groups is 1. The smallest absolute Gasteiger partial charge is 0.229 e. The van der Waals surface area contributed by atoms with Gasteiger partial charge in [0.1, 0.15) is 5.54 Å². The molecule has 1 aliphatic heterocycles. The fraction of sp³-hybridized carbons (Fsp3) is 0.917. The van der Waals surface area contributed by atoms with E-state index in [2.05, 4.69) is 10.6 Å². The summed E-state index contributed by atoms with van der Waals surface area (Å²) in [7, 11) is 1.54. The number of aliphatic hydroxyl groups excluding tert-OH is 3. The Morgan fingerprint density at radius 3 is 2.21 bits per heavy atom. The molecule has 1 aliphatic rings. The van der Waals surface area contributed by atoms with Crippen LogP contribution in [0.25, 0.3) is 0 Å². The first-order valence-corrected chi connectivity index (χ1v) is 6.43. The van der Waals surface area contributed by atoms with E-state index >= 15 is 0 Å². The van der Waals surface area contributed by atoms with Crippen LogP contribution in [0.1, 0.15) is 12.8 Å². The first kappa shape index (κ1) is 16.3. The van der Waals surface area contributed by atoms with Crippen LogP contribution in [-0.2, 0) is 9.53 Å². The van der Waals surface area contributed by atoms with Crippen LogP contribution < -0.4 is 10.6 Å². The lowest BCUT2D eigenvalue weighted by Gasteiger charge is -2.39. The number of hydrogen-bond acceptors (Lipinski definition) is 6. The average Bonchev–Trinajstić information content (AvgIpc) is 2.46. The molecule has 0 saturated carbocycles. The molecule has 1 heterocycles. The average molecular weight is 276 g/mol. The van der Waals surface area contributed by atoms with Crippen LogP contribution in [0.5, 0.6) is 0 Å². The van der Waals surface area contributed by atoms with Crippen molar-refractivity contribution >= 4 is 5.91 Å². The zero-order chi connectivity index (χ0) is 14.4. The summed E-state index contributed by atoms with van der Waals surface area (Å²) in [5.41, 5.74) is -2.06. The van der Waals surface area contributed by atoms with Gasteiger partial charge in [-0.2, -0.15) is 0 Å². The number of nitrogens with one attached hydrogen (secondary N) is 2. The molecule has 0 aromatic rings. The zero-order valence-electron chi connectivity index (χ0n) is 11.3. The van der Waals surface area contributed by atoms with E-state index in [9.17, 15) is 20.1 Å². The first-order chi connectivity index (χ1) is 9.08. The number of amides is 1. The van der Waals surface area contributed by atoms with Gasteiger partial charge in [0.05, 0.1) is 31.8 Å². The summed E-state index contributed by atoms with van der Waals surface area (Å²) in [5, 5.41) is 33.5. The molecule has 0 spiro atoms. The fourth-order valence-corrected chi connectivity index (χ4v) is 2.26. The lowest BCUT2D eigenvalue weighted by Crippen LogP contribution is -2.62. The second-order valence-electron chi connectivity index (χ2n) is 5.17. The number of hydrogen-bond donors (Lipinski definition) is 5. The van der Waals surface area contributed by atoms with Crippen molar-refractivity contribution in [2.24, 2.45) is 5.41 Å². The summed E-state index contributed by atoms with van der Waals surface area (Å²) in [6.45, 7) is 0.133. The Labute approximate surface area is 113 Å². The molecule has 7 nitrogen and oxygen atoms in total. The third kappa shape index (κ3) is 3.64. The van der Waals surface area contributed by atoms with Gasteiger partial charge in [-0.25, -0.2) is 0 Å². The molecule has 0 aliphatic carbocycles. The molecular formula is C12H24N2O5. The second-order valence-corrected chi connectivity index (χ2v) is 5.17. The molecule has 1 amide bonds. The van der Waals surface area contributed by atoms with Crippen LogP contribution in [0.15, 0.2) is 0 Å². The van der Waals surface area contributed by atoms with Gasteiger partial charge in [0.2, 0.25) is 5.91 Å². The van der Waals surface area contributed by atoms with E-state index < -0.39 is 30.8 Å². The summed E-state index contributed by atoms with van der Waals surface area (Å²) in [5.74, 6) is -0.298. The molecule has 112 valence electrons. The van der Waals surface area contributed by atoms with Gasteiger partial charge in [-0.05, 0) is 25.9 Å². The molecule has 19 heavy (non-hydrogen) atoms. The van der Waals surface area contributed by atoms with Gasteiger partial charge in [0.15, 0.2) is 0 Å². The van der Waals surface area contributed by atoms with Gasteiger partial charge < -0.3 is 30.7 Å². The molecule has 1 saturated heterocycles. The number of aliphatic hydroxyl groups is 3. The molecular weight excluding hydrogens is 252 g/mol. The highest BCUT2D eigenvalue weighted by molar-refractivity contribution is 5.83. The Balaban J connectivity index is 2.82. The van der Waals surface area contributed by atoms with Crippen LogP contribution in [-0.4, -0.2) is 73.4 Å². The topological polar surface area (TPSA) is 111 Å². The highest BCUT2D eigenvalue weighted by Crippen LogP contribution is 2.30. The van der Waals surface area contributed by atoms with Gasteiger partial charge in [-0.1, -0.05) is 0 Å². The van der Waals surface area contributed by atoms with Crippen molar-refractivity contribution < 1.29 is 24.9 Å². The van der Waals surface area contributed by atoms with Gasteiger partial charge in [-0.15, -0.1) is 0 Å². The van der Waals surface area contributed by atoms with E-state index in [1.54, 1.807) is 0 Å². The van der Waals surface area contributed by atoms with Crippen LogP contribution in [0, 0.1) is 5.41 Å². The summed E-state index contributed by atoms with van der Waals surface area (Å²) in [6, 6.07) is 0. The number of rotatable bonds is 7. The monoisotopic (exact) mass is 276 g/mol. The molecule has 5 N–H and O–H groups in total. The summed E-state index contributed by atoms with van der Waals surface area (Å²) in [6.07, 6.45) is 1.23. The molecule has 0 bridgehead atoms. The Hall–Kier alpha value is -0.730. The maximum Gasteiger partial charge on any atom is 0.229 e. The number of piperidine rings is 1. The molecule has 7 heteroatoms. The van der Waals surface area contributed by atoms with Crippen molar-refractivity contribution in [2.75, 3.05) is 46.6 Å². The van der Waals surface area contributed by atoms with Crippen LogP contribution in [0.4, 0.5) is 0 Å². The lowest BCUT2D eigenvalue weighted by atomic mass is 9.78. The largest absolute Gasteiger partial charge is 0.394 e. The number of methoxy groups -OCH3 is 1. The Morgan fingerprint density at radius 2 is 1.79 bits per heavy atom. The number of ether oxygens (including phenoxy) is 1. The fourth-order valence-electron chi connectivity index (χ4n) is 2.26. The first-order valence-electron chi connectivity index (χ1n) is 6.43. The Kier molecular flexibility index (Phi) is 6.15. The molecule has 0 radical (unpaired) electrons. The van der Waals surface area contributed by atoms with E-state index in [1.165, 1.54) is 7.11 Å². The van der Waals surface area contributed by atoms with Crippen molar-refractivity contribution in [3.63, 3.8) is 0 Å². The quantitative estimate of drug-likeness (QED) is 0.362. The summed E-state index contributed by atoms with van der Waals surface area (Å²) >= 11 is 0. The highest BCUT2D eigenvalue weighted by atomic mass is 16.5. The zero-order valence-corrected chi connectivity index (χ0v) is 11.3. The predicted molar refractivity (Wildman–Crippen MR) is 68.5 cm³/mol. The third-order valence-electron chi connectivity index (χ3n) is 3.75. The maximum absolute atomic E-state index is 12.5. The molecule has 0 aromatic heterocycles. The molecule has 1 fully saturated rings. The van der Waals surface area contributed by atoms with Crippen molar-refractivity contribution in [2.45, 2.75) is 18.4 Å². The highest BCUT2D eigenvalue weighted by Gasteiger charge is 2.43. The normalized spacial score (nSPS) is 19.2. The van der Waals surface area contributed by atoms with E-state index in [-0.39, 0.29) is 12.5 Å². The van der Waals surface area contributed by atoms with Crippen LogP contribution >= 0.6 is 0 Å². The standard InChI is InChI=1S/C12H24N2O5/c1-19-9-11(2-4-13-5-3-11)10(18)14-12(6-15,7-16)8-17/h13,15-17H,2-9H2,1H3,(H,14,18). The SMILES string of the molecule is COCC1(C(=O)NC(CO)(CO)CO)CCNCC1. The molecule has 1 rings (SSSR count).